The van der Waals surface area contributed by atoms with Crippen molar-refractivity contribution in [1.29, 1.82) is 0 Å². The molecule has 10 heteroatoms. The molecule has 1 heterocycles. The summed E-state index contributed by atoms with van der Waals surface area (Å²) < 4.78 is 39.7. The zero-order chi connectivity index (χ0) is 15.6. The average molecular weight is 322 g/mol. The lowest BCUT2D eigenvalue weighted by Crippen LogP contribution is -2.48. The maximum atomic E-state index is 12.1. The van der Waals surface area contributed by atoms with Gasteiger partial charge < -0.3 is 19.7 Å². The summed E-state index contributed by atoms with van der Waals surface area (Å²) in [6.07, 6.45) is 1.59. The highest BCUT2D eigenvalue weighted by atomic mass is 32.2. The second-order valence-corrected chi connectivity index (χ2v) is 7.46. The van der Waals surface area contributed by atoms with Crippen LogP contribution < -0.4 is 0 Å². The summed E-state index contributed by atoms with van der Waals surface area (Å²) in [5.41, 5.74) is -1.46. The van der Waals surface area contributed by atoms with Crippen LogP contribution in [-0.2, 0) is 29.2 Å². The normalized spacial score (nSPS) is 37.7. The molecule has 1 saturated heterocycles. The Bertz CT molecular complexity index is 609. The molecular formula is C11H14O9S. The molecule has 3 rings (SSSR count). The molecule has 0 amide bonds. The molecular weight excluding hydrogens is 308 g/mol. The van der Waals surface area contributed by atoms with Crippen molar-refractivity contribution in [1.82, 2.24) is 0 Å². The largest absolute Gasteiger partial charge is 0.456 e. The van der Waals surface area contributed by atoms with Crippen LogP contribution in [0.2, 0.25) is 0 Å². The molecule has 0 aromatic heterocycles. The first-order valence-electron chi connectivity index (χ1n) is 6.39. The van der Waals surface area contributed by atoms with E-state index < -0.39 is 39.4 Å². The average Bonchev–Trinajstić information content (AvgIpc) is 2.94. The van der Waals surface area contributed by atoms with E-state index in [4.69, 9.17) is 19.5 Å². The first-order valence-corrected chi connectivity index (χ1v) is 7.83. The zero-order valence-corrected chi connectivity index (χ0v) is 11.6. The van der Waals surface area contributed by atoms with Crippen LogP contribution in [0.25, 0.3) is 0 Å². The van der Waals surface area contributed by atoms with Gasteiger partial charge >= 0.3 is 27.2 Å². The summed E-state index contributed by atoms with van der Waals surface area (Å²) in [7, 11) is -5.23. The van der Waals surface area contributed by atoms with E-state index in [1.807, 2.05) is 0 Å². The fraction of sp³-hybridized carbons (Fsp3) is 0.818. The molecule has 2 bridgehead atoms. The van der Waals surface area contributed by atoms with Crippen molar-refractivity contribution in [2.24, 2.45) is 17.8 Å². The molecule has 0 spiro atoms. The molecule has 0 aromatic rings. The SMILES string of the molecule is O=C1OC2(C(=O)OCC(O)(O)S(=O)(=O)O)CC3CC1C2C3. The van der Waals surface area contributed by atoms with Crippen molar-refractivity contribution in [3.05, 3.63) is 0 Å². The molecule has 0 radical (unpaired) electrons. The van der Waals surface area contributed by atoms with Gasteiger partial charge in [-0.05, 0) is 18.8 Å². The van der Waals surface area contributed by atoms with Gasteiger partial charge in [-0.3, -0.25) is 9.35 Å². The Labute approximate surface area is 119 Å². The second-order valence-electron chi connectivity index (χ2n) is 5.86. The minimum Gasteiger partial charge on any atom is -0.456 e. The molecule has 3 aliphatic rings. The van der Waals surface area contributed by atoms with E-state index in [1.54, 1.807) is 0 Å². The van der Waals surface area contributed by atoms with E-state index in [0.29, 0.717) is 12.8 Å². The van der Waals surface area contributed by atoms with Gasteiger partial charge in [0.25, 0.3) is 0 Å². The van der Waals surface area contributed by atoms with Crippen molar-refractivity contribution in [2.75, 3.05) is 6.61 Å². The monoisotopic (exact) mass is 322 g/mol. The lowest BCUT2D eigenvalue weighted by molar-refractivity contribution is -0.190. The van der Waals surface area contributed by atoms with E-state index in [1.165, 1.54) is 0 Å². The van der Waals surface area contributed by atoms with E-state index in [0.717, 1.165) is 0 Å². The van der Waals surface area contributed by atoms with Gasteiger partial charge in [0.2, 0.25) is 5.60 Å². The summed E-state index contributed by atoms with van der Waals surface area (Å²) >= 11 is 0. The Morgan fingerprint density at radius 2 is 2.10 bits per heavy atom. The lowest BCUT2D eigenvalue weighted by Gasteiger charge is -2.29. The van der Waals surface area contributed by atoms with Crippen LogP contribution in [0.15, 0.2) is 0 Å². The number of ether oxygens (including phenoxy) is 2. The van der Waals surface area contributed by atoms with Gasteiger partial charge in [0.1, 0.15) is 0 Å². The fourth-order valence-electron chi connectivity index (χ4n) is 3.67. The quantitative estimate of drug-likeness (QED) is 0.316. The van der Waals surface area contributed by atoms with E-state index in [-0.39, 0.29) is 24.2 Å². The highest BCUT2D eigenvalue weighted by Crippen LogP contribution is 2.60. The molecule has 9 nitrogen and oxygen atoms in total. The third kappa shape index (κ3) is 1.97. The first kappa shape index (κ1) is 14.7. The Morgan fingerprint density at radius 3 is 2.67 bits per heavy atom. The van der Waals surface area contributed by atoms with E-state index in [2.05, 4.69) is 4.74 Å². The molecule has 21 heavy (non-hydrogen) atoms. The highest BCUT2D eigenvalue weighted by Gasteiger charge is 2.70. The number of hydrogen-bond acceptors (Lipinski definition) is 8. The van der Waals surface area contributed by atoms with Crippen LogP contribution in [0, 0.1) is 17.8 Å². The van der Waals surface area contributed by atoms with E-state index in [9.17, 15) is 18.0 Å². The number of esters is 2. The van der Waals surface area contributed by atoms with Gasteiger partial charge in [-0.15, -0.1) is 0 Å². The maximum Gasteiger partial charge on any atom is 0.351 e. The third-order valence-corrected chi connectivity index (χ3v) is 5.53. The van der Waals surface area contributed by atoms with Gasteiger partial charge in [0.05, 0.1) is 5.92 Å². The smallest absolute Gasteiger partial charge is 0.351 e. The van der Waals surface area contributed by atoms with Gasteiger partial charge in [0.15, 0.2) is 6.61 Å². The number of aliphatic hydroxyl groups is 2. The topological polar surface area (TPSA) is 147 Å². The molecule has 1 aliphatic heterocycles. The third-order valence-electron chi connectivity index (χ3n) is 4.59. The van der Waals surface area contributed by atoms with Crippen LogP contribution in [0.3, 0.4) is 0 Å². The van der Waals surface area contributed by atoms with Crippen molar-refractivity contribution >= 4 is 22.1 Å². The van der Waals surface area contributed by atoms with Gasteiger partial charge in [-0.25, -0.2) is 4.79 Å². The zero-order valence-electron chi connectivity index (χ0n) is 10.8. The number of carbonyl (C=O) groups excluding carboxylic acids is 2. The van der Waals surface area contributed by atoms with Crippen LogP contribution >= 0.6 is 0 Å². The fourth-order valence-corrected chi connectivity index (χ4v) is 3.88. The molecule has 4 unspecified atom stereocenters. The minimum atomic E-state index is -5.23. The first-order chi connectivity index (χ1) is 9.57. The lowest BCUT2D eigenvalue weighted by atomic mass is 9.80. The minimum absolute atomic E-state index is 0.161. The number of rotatable bonds is 4. The Hall–Kier alpha value is -1.23. The molecule has 2 saturated carbocycles. The van der Waals surface area contributed by atoms with Crippen LogP contribution in [0.1, 0.15) is 19.3 Å². The number of hydrogen-bond donors (Lipinski definition) is 3. The van der Waals surface area contributed by atoms with Crippen LogP contribution in [0.5, 0.6) is 0 Å². The second kappa shape index (κ2) is 4.15. The van der Waals surface area contributed by atoms with Crippen LogP contribution in [-0.4, -0.2) is 52.4 Å². The van der Waals surface area contributed by atoms with E-state index >= 15 is 0 Å². The van der Waals surface area contributed by atoms with Crippen LogP contribution in [0.4, 0.5) is 0 Å². The van der Waals surface area contributed by atoms with Crippen molar-refractivity contribution in [3.63, 3.8) is 0 Å². The molecule has 0 aromatic carbocycles. The molecule has 3 fully saturated rings. The van der Waals surface area contributed by atoms with Crippen molar-refractivity contribution in [3.8, 4) is 0 Å². The maximum absolute atomic E-state index is 12.1. The van der Waals surface area contributed by atoms with Crippen molar-refractivity contribution < 1.29 is 42.2 Å². The van der Waals surface area contributed by atoms with Gasteiger partial charge in [-0.1, -0.05) is 0 Å². The standard InChI is InChI=1S/C11H14O9S/c12-8-6-1-5-2-7(6)10(3-5,20-8)9(13)19-4-11(14,15)21(16,17)18/h5-7,14-15H,1-4H2,(H,16,17,18). The molecule has 3 N–H and O–H groups in total. The summed E-state index contributed by atoms with van der Waals surface area (Å²) in [5.74, 6) is -2.01. The molecule has 118 valence electrons. The Balaban J connectivity index is 1.74. The Morgan fingerprint density at radius 1 is 1.43 bits per heavy atom. The number of fused-ring (bicyclic) bond motifs is 1. The summed E-state index contributed by atoms with van der Waals surface area (Å²) in [6.45, 7) is -1.37. The summed E-state index contributed by atoms with van der Waals surface area (Å²) in [6, 6.07) is 0. The molecule has 4 atom stereocenters. The number of carbonyl (C=O) groups is 2. The highest BCUT2D eigenvalue weighted by molar-refractivity contribution is 7.86. The summed E-state index contributed by atoms with van der Waals surface area (Å²) in [4.78, 5) is 23.8. The predicted molar refractivity (Wildman–Crippen MR) is 62.8 cm³/mol. The summed E-state index contributed by atoms with van der Waals surface area (Å²) in [5, 5.41) is 14.7. The predicted octanol–water partition coefficient (Wildman–Crippen LogP) is -1.60. The molecule has 2 aliphatic carbocycles. The van der Waals surface area contributed by atoms with Crippen molar-refractivity contribution in [2.45, 2.75) is 30.0 Å². The van der Waals surface area contributed by atoms with Gasteiger partial charge in [0, 0.05) is 12.3 Å². The Kier molecular flexibility index (Phi) is 2.91. The van der Waals surface area contributed by atoms with Gasteiger partial charge in [-0.2, -0.15) is 8.42 Å².